The van der Waals surface area contributed by atoms with Gasteiger partial charge in [0, 0.05) is 0 Å². The van der Waals surface area contributed by atoms with E-state index in [1.54, 1.807) is 24.3 Å². The van der Waals surface area contributed by atoms with Crippen molar-refractivity contribution < 1.29 is 12.8 Å². The van der Waals surface area contributed by atoms with Gasteiger partial charge in [0.25, 0.3) is 10.0 Å². The average molecular weight is 308 g/mol. The molecule has 1 heterocycles. The number of rotatable bonds is 4. The summed E-state index contributed by atoms with van der Waals surface area (Å²) in [5.41, 5.74) is 3.19. The fourth-order valence-electron chi connectivity index (χ4n) is 1.57. The van der Waals surface area contributed by atoms with E-state index in [4.69, 9.17) is 10.3 Å². The van der Waals surface area contributed by atoms with Gasteiger partial charge in [-0.25, -0.2) is 24.0 Å². The maximum Gasteiger partial charge on any atom is 0.264 e. The van der Waals surface area contributed by atoms with Gasteiger partial charge in [0.1, 0.15) is 12.3 Å². The minimum absolute atomic E-state index is 0.0630. The quantitative estimate of drug-likeness (QED) is 0.336. The monoisotopic (exact) mass is 308 g/mol. The standard InChI is InChI=1S/C13H16N4O3S/c1-10-4-6-12(7-5-10)21(18,19)17-13(16-14)15-9-11-3-2-8-20-11/h2-8H,9,14H2,1H3,(H2,15,16,17). The molecule has 21 heavy (non-hydrogen) atoms. The molecule has 2 rings (SSSR count). The Bertz CT molecular complexity index is 706. The van der Waals surface area contributed by atoms with Crippen molar-refractivity contribution in [1.82, 2.24) is 10.1 Å². The topological polar surface area (TPSA) is 110 Å². The van der Waals surface area contributed by atoms with Crippen molar-refractivity contribution in [2.45, 2.75) is 18.4 Å². The third-order valence-corrected chi connectivity index (χ3v) is 4.03. The smallest absolute Gasteiger partial charge is 0.264 e. The number of hydrogen-bond acceptors (Lipinski definition) is 5. The van der Waals surface area contributed by atoms with Crippen molar-refractivity contribution in [3.8, 4) is 0 Å². The van der Waals surface area contributed by atoms with Crippen LogP contribution < -0.4 is 16.0 Å². The second kappa shape index (κ2) is 6.42. The molecule has 0 spiro atoms. The molecule has 7 nitrogen and oxygen atoms in total. The Balaban J connectivity index is 2.13. The summed E-state index contributed by atoms with van der Waals surface area (Å²) in [6, 6.07) is 9.90. The van der Waals surface area contributed by atoms with E-state index in [9.17, 15) is 8.42 Å². The molecule has 2 aromatic rings. The number of guanidine groups is 1. The molecule has 0 fully saturated rings. The summed E-state index contributed by atoms with van der Waals surface area (Å²) >= 11 is 0. The van der Waals surface area contributed by atoms with Gasteiger partial charge in [-0.3, -0.25) is 5.43 Å². The lowest BCUT2D eigenvalue weighted by molar-refractivity contribution is 0.512. The SMILES string of the molecule is Cc1ccc(S(=O)(=O)NC(=NCc2ccco2)NN)cc1. The number of furan rings is 1. The van der Waals surface area contributed by atoms with Crippen LogP contribution in [-0.2, 0) is 16.6 Å². The van der Waals surface area contributed by atoms with Gasteiger partial charge in [-0.05, 0) is 31.2 Å². The Kier molecular flexibility index (Phi) is 4.61. The first kappa shape index (κ1) is 15.1. The third kappa shape index (κ3) is 4.07. The first-order valence-electron chi connectivity index (χ1n) is 6.14. The summed E-state index contributed by atoms with van der Waals surface area (Å²) in [7, 11) is -3.73. The van der Waals surface area contributed by atoms with E-state index in [1.165, 1.54) is 18.4 Å². The number of hydrogen-bond donors (Lipinski definition) is 3. The Morgan fingerprint density at radius 1 is 1.29 bits per heavy atom. The average Bonchev–Trinajstić information content (AvgIpc) is 2.97. The van der Waals surface area contributed by atoms with E-state index >= 15 is 0 Å². The molecular formula is C13H16N4O3S. The van der Waals surface area contributed by atoms with Crippen molar-refractivity contribution in [2.75, 3.05) is 0 Å². The highest BCUT2D eigenvalue weighted by Gasteiger charge is 2.15. The van der Waals surface area contributed by atoms with Crippen molar-refractivity contribution in [2.24, 2.45) is 10.8 Å². The van der Waals surface area contributed by atoms with E-state index in [-0.39, 0.29) is 17.4 Å². The number of aryl methyl sites for hydroxylation is 1. The normalized spacial score (nSPS) is 12.2. The van der Waals surface area contributed by atoms with Crippen molar-refractivity contribution in [1.29, 1.82) is 0 Å². The van der Waals surface area contributed by atoms with E-state index in [0.717, 1.165) is 5.56 Å². The van der Waals surface area contributed by atoms with Crippen LogP contribution in [0.3, 0.4) is 0 Å². The van der Waals surface area contributed by atoms with E-state index in [0.29, 0.717) is 5.76 Å². The first-order valence-corrected chi connectivity index (χ1v) is 7.62. The Morgan fingerprint density at radius 3 is 2.57 bits per heavy atom. The van der Waals surface area contributed by atoms with Crippen LogP contribution >= 0.6 is 0 Å². The molecule has 1 aromatic heterocycles. The lowest BCUT2D eigenvalue weighted by Gasteiger charge is -2.10. The maximum absolute atomic E-state index is 12.2. The fraction of sp³-hybridized carbons (Fsp3) is 0.154. The zero-order chi connectivity index (χ0) is 15.3. The predicted octanol–water partition coefficient (Wildman–Crippen LogP) is 0.886. The highest BCUT2D eigenvalue weighted by atomic mass is 32.2. The zero-order valence-corrected chi connectivity index (χ0v) is 12.2. The molecule has 1 aromatic carbocycles. The molecule has 8 heteroatoms. The molecule has 112 valence electrons. The molecule has 0 saturated heterocycles. The zero-order valence-electron chi connectivity index (χ0n) is 11.4. The molecule has 0 bridgehead atoms. The van der Waals surface area contributed by atoms with Gasteiger partial charge in [0.05, 0.1) is 11.2 Å². The van der Waals surface area contributed by atoms with Crippen LogP contribution in [0.2, 0.25) is 0 Å². The molecule has 0 aliphatic carbocycles. The summed E-state index contributed by atoms with van der Waals surface area (Å²) in [4.78, 5) is 4.14. The highest BCUT2D eigenvalue weighted by molar-refractivity contribution is 7.90. The van der Waals surface area contributed by atoms with Gasteiger partial charge in [-0.2, -0.15) is 0 Å². The number of aliphatic imine (C=N–C) groups is 1. The number of hydrazine groups is 1. The van der Waals surface area contributed by atoms with E-state index in [2.05, 4.69) is 15.1 Å². The number of benzene rings is 1. The van der Waals surface area contributed by atoms with Crippen LogP contribution in [0.15, 0.2) is 57.0 Å². The molecule has 4 N–H and O–H groups in total. The lowest BCUT2D eigenvalue weighted by Crippen LogP contribution is -2.44. The Labute approximate surface area is 122 Å². The molecule has 0 atom stereocenters. The van der Waals surface area contributed by atoms with Gasteiger partial charge >= 0.3 is 0 Å². The molecule has 0 unspecified atom stereocenters. The number of nitrogens with one attached hydrogen (secondary N) is 2. The number of nitrogens with two attached hydrogens (primary N) is 1. The third-order valence-electron chi connectivity index (χ3n) is 2.67. The summed E-state index contributed by atoms with van der Waals surface area (Å²) in [6.45, 7) is 2.05. The predicted molar refractivity (Wildman–Crippen MR) is 78.7 cm³/mol. The van der Waals surface area contributed by atoms with Crippen LogP contribution in [0.4, 0.5) is 0 Å². The highest BCUT2D eigenvalue weighted by Crippen LogP contribution is 2.09. The molecule has 0 amide bonds. The van der Waals surface area contributed by atoms with Gasteiger partial charge < -0.3 is 4.42 Å². The van der Waals surface area contributed by atoms with Gasteiger partial charge in [0.15, 0.2) is 0 Å². The summed E-state index contributed by atoms with van der Waals surface area (Å²) in [5, 5.41) is 0. The molecule has 0 saturated carbocycles. The van der Waals surface area contributed by atoms with Crippen LogP contribution in [0.5, 0.6) is 0 Å². The minimum atomic E-state index is -3.73. The van der Waals surface area contributed by atoms with E-state index in [1.807, 2.05) is 6.92 Å². The fourth-order valence-corrected chi connectivity index (χ4v) is 2.56. The second-order valence-corrected chi connectivity index (χ2v) is 5.99. The molecular weight excluding hydrogens is 292 g/mol. The van der Waals surface area contributed by atoms with Crippen LogP contribution in [-0.4, -0.2) is 14.4 Å². The minimum Gasteiger partial charge on any atom is -0.467 e. The number of sulfonamides is 1. The van der Waals surface area contributed by atoms with Crippen LogP contribution in [0.25, 0.3) is 0 Å². The van der Waals surface area contributed by atoms with Crippen molar-refractivity contribution >= 4 is 16.0 Å². The maximum atomic E-state index is 12.2. The largest absolute Gasteiger partial charge is 0.467 e. The van der Waals surface area contributed by atoms with Crippen molar-refractivity contribution in [3.63, 3.8) is 0 Å². The molecule has 0 aliphatic rings. The van der Waals surface area contributed by atoms with Gasteiger partial charge in [-0.1, -0.05) is 17.7 Å². The number of nitrogens with zero attached hydrogens (tertiary/aromatic N) is 1. The molecule has 0 radical (unpaired) electrons. The van der Waals surface area contributed by atoms with Gasteiger partial charge in [-0.15, -0.1) is 0 Å². The summed E-state index contributed by atoms with van der Waals surface area (Å²) in [6.07, 6.45) is 1.51. The second-order valence-electron chi connectivity index (χ2n) is 4.31. The van der Waals surface area contributed by atoms with Crippen LogP contribution in [0, 0.1) is 6.92 Å². The Morgan fingerprint density at radius 2 is 2.00 bits per heavy atom. The summed E-state index contributed by atoms with van der Waals surface area (Å²) < 4.78 is 31.7. The van der Waals surface area contributed by atoms with Crippen LogP contribution in [0.1, 0.15) is 11.3 Å². The van der Waals surface area contributed by atoms with Gasteiger partial charge in [0.2, 0.25) is 5.96 Å². The van der Waals surface area contributed by atoms with E-state index < -0.39 is 10.0 Å². The summed E-state index contributed by atoms with van der Waals surface area (Å²) in [5.74, 6) is 5.81. The lowest BCUT2D eigenvalue weighted by atomic mass is 10.2. The van der Waals surface area contributed by atoms with Crippen molar-refractivity contribution in [3.05, 3.63) is 54.0 Å². The first-order chi connectivity index (χ1) is 10.0. The Hall–Kier alpha value is -2.32. The molecule has 0 aliphatic heterocycles.